The van der Waals surface area contributed by atoms with E-state index in [2.05, 4.69) is 53.7 Å². The fraction of sp³-hybridized carbons (Fsp3) is 0.700. The first-order valence-electron chi connectivity index (χ1n) is 9.23. The highest BCUT2D eigenvalue weighted by Gasteiger charge is 2.63. The summed E-state index contributed by atoms with van der Waals surface area (Å²) in [6.07, 6.45) is -0.0978. The Kier molecular flexibility index (Phi) is 5.17. The number of benzene rings is 1. The Labute approximate surface area is 153 Å². The Morgan fingerprint density at radius 1 is 1.00 bits per heavy atom. The smallest absolute Gasteiger partial charge is 0.349 e. The van der Waals surface area contributed by atoms with E-state index in [0.29, 0.717) is 19.8 Å². The fourth-order valence-corrected chi connectivity index (χ4v) is 9.18. The maximum atomic E-state index is 6.79. The molecule has 2 saturated heterocycles. The van der Waals surface area contributed by atoms with Gasteiger partial charge in [0, 0.05) is 10.1 Å². The summed E-state index contributed by atoms with van der Waals surface area (Å²) < 4.78 is 25.4. The monoisotopic (exact) mass is 364 g/mol. The average molecular weight is 365 g/mol. The van der Waals surface area contributed by atoms with Gasteiger partial charge in [0.1, 0.15) is 18.3 Å². The Morgan fingerprint density at radius 3 is 2.24 bits per heavy atom. The minimum atomic E-state index is -2.48. The lowest BCUT2D eigenvalue weighted by Crippen LogP contribution is -2.65. The summed E-state index contributed by atoms with van der Waals surface area (Å²) in [6, 6.07) is 10.3. The molecule has 0 unspecified atom stereocenters. The highest BCUT2D eigenvalue weighted by Crippen LogP contribution is 2.55. The van der Waals surface area contributed by atoms with Gasteiger partial charge in [-0.15, -0.1) is 0 Å². The Balaban J connectivity index is 1.76. The summed E-state index contributed by atoms with van der Waals surface area (Å²) in [7, 11) is -2.48. The first kappa shape index (κ1) is 19.0. The second-order valence-electron chi connectivity index (χ2n) is 9.22. The van der Waals surface area contributed by atoms with Crippen LogP contribution in [-0.4, -0.2) is 40.1 Å². The van der Waals surface area contributed by atoms with E-state index in [1.54, 1.807) is 0 Å². The Hall–Kier alpha value is -0.723. The van der Waals surface area contributed by atoms with Gasteiger partial charge in [0.05, 0.1) is 19.8 Å². The van der Waals surface area contributed by atoms with Crippen LogP contribution in [-0.2, 0) is 24.9 Å². The van der Waals surface area contributed by atoms with Gasteiger partial charge in [-0.1, -0.05) is 71.9 Å². The molecule has 1 aromatic rings. The van der Waals surface area contributed by atoms with Gasteiger partial charge in [0.25, 0.3) is 0 Å². The van der Waals surface area contributed by atoms with Gasteiger partial charge >= 0.3 is 8.56 Å². The highest BCUT2D eigenvalue weighted by atomic mass is 28.4. The van der Waals surface area contributed by atoms with E-state index in [1.807, 2.05) is 18.2 Å². The topological polar surface area (TPSA) is 36.9 Å². The summed E-state index contributed by atoms with van der Waals surface area (Å²) in [4.78, 5) is 0. The zero-order valence-electron chi connectivity index (χ0n) is 16.4. The second-order valence-corrected chi connectivity index (χ2v) is 14.0. The molecule has 0 N–H and O–H groups in total. The molecule has 2 aliphatic heterocycles. The van der Waals surface area contributed by atoms with Crippen molar-refractivity contribution in [1.29, 1.82) is 0 Å². The molecule has 0 saturated carbocycles. The fourth-order valence-electron chi connectivity index (χ4n) is 4.20. The lowest BCUT2D eigenvalue weighted by Gasteiger charge is -2.53. The minimum absolute atomic E-state index is 0.0221. The Morgan fingerprint density at radius 2 is 1.64 bits per heavy atom. The van der Waals surface area contributed by atoms with Crippen molar-refractivity contribution in [2.75, 3.05) is 13.2 Å². The van der Waals surface area contributed by atoms with Crippen molar-refractivity contribution in [2.24, 2.45) is 0 Å². The van der Waals surface area contributed by atoms with Crippen molar-refractivity contribution in [3.05, 3.63) is 35.9 Å². The van der Waals surface area contributed by atoms with Gasteiger partial charge in [-0.05, 0) is 5.56 Å². The summed E-state index contributed by atoms with van der Waals surface area (Å²) in [5, 5.41) is -0.0500. The molecule has 2 fully saturated rings. The maximum absolute atomic E-state index is 6.79. The van der Waals surface area contributed by atoms with Crippen LogP contribution in [0.1, 0.15) is 47.1 Å². The number of ether oxygens (including phenoxy) is 2. The van der Waals surface area contributed by atoms with E-state index in [1.165, 1.54) is 5.56 Å². The van der Waals surface area contributed by atoms with Crippen molar-refractivity contribution in [3.63, 3.8) is 0 Å². The molecule has 140 valence electrons. The van der Waals surface area contributed by atoms with Crippen LogP contribution in [0.15, 0.2) is 30.3 Å². The van der Waals surface area contributed by atoms with Gasteiger partial charge in [0.2, 0.25) is 0 Å². The standard InChI is InChI=1S/C20H32O4Si/c1-19(2,3)25(20(4,5)6)23-14-17-18(24-25)16(13-22-17)21-12-15-10-8-7-9-11-15/h7-11,16-18H,12-14H2,1-6H3/t16-,17+,18-/m0/s1. The molecule has 3 atom stereocenters. The first-order chi connectivity index (χ1) is 11.6. The maximum Gasteiger partial charge on any atom is 0.349 e. The number of hydrogen-bond donors (Lipinski definition) is 0. The van der Waals surface area contributed by atoms with Gasteiger partial charge in [-0.2, -0.15) is 0 Å². The molecule has 0 aromatic heterocycles. The van der Waals surface area contributed by atoms with Crippen molar-refractivity contribution in [3.8, 4) is 0 Å². The van der Waals surface area contributed by atoms with Crippen molar-refractivity contribution >= 4 is 8.56 Å². The highest BCUT2D eigenvalue weighted by molar-refractivity contribution is 6.73. The third kappa shape index (κ3) is 3.58. The van der Waals surface area contributed by atoms with Gasteiger partial charge in [-0.3, -0.25) is 0 Å². The molecule has 25 heavy (non-hydrogen) atoms. The van der Waals surface area contributed by atoms with E-state index >= 15 is 0 Å². The van der Waals surface area contributed by atoms with Gasteiger partial charge in [0.15, 0.2) is 0 Å². The molecule has 0 bridgehead atoms. The van der Waals surface area contributed by atoms with Crippen LogP contribution in [0.5, 0.6) is 0 Å². The summed E-state index contributed by atoms with van der Waals surface area (Å²) in [6.45, 7) is 15.2. The van der Waals surface area contributed by atoms with Crippen molar-refractivity contribution < 1.29 is 18.3 Å². The van der Waals surface area contributed by atoms with Crippen LogP contribution in [0, 0.1) is 0 Å². The van der Waals surface area contributed by atoms with E-state index in [4.69, 9.17) is 18.3 Å². The first-order valence-corrected chi connectivity index (χ1v) is 11.0. The molecule has 0 aliphatic carbocycles. The van der Waals surface area contributed by atoms with Crippen LogP contribution in [0.2, 0.25) is 10.1 Å². The van der Waals surface area contributed by atoms with E-state index in [9.17, 15) is 0 Å². The molecular weight excluding hydrogens is 332 g/mol. The van der Waals surface area contributed by atoms with Crippen LogP contribution in [0.4, 0.5) is 0 Å². The van der Waals surface area contributed by atoms with E-state index in [-0.39, 0.29) is 28.4 Å². The number of fused-ring (bicyclic) bond motifs is 1. The normalized spacial score (nSPS) is 29.4. The lowest BCUT2D eigenvalue weighted by molar-refractivity contribution is -0.0800. The van der Waals surface area contributed by atoms with E-state index < -0.39 is 8.56 Å². The molecule has 0 radical (unpaired) electrons. The quantitative estimate of drug-likeness (QED) is 0.744. The predicted octanol–water partition coefficient (Wildman–Crippen LogP) is 4.43. The second kappa shape index (κ2) is 6.78. The molecule has 5 heteroatoms. The lowest BCUT2D eigenvalue weighted by atomic mass is 10.1. The zero-order valence-corrected chi connectivity index (χ0v) is 17.4. The van der Waals surface area contributed by atoms with Crippen LogP contribution < -0.4 is 0 Å². The minimum Gasteiger partial charge on any atom is -0.391 e. The Bertz CT molecular complexity index is 562. The molecule has 2 heterocycles. The summed E-state index contributed by atoms with van der Waals surface area (Å²) >= 11 is 0. The van der Waals surface area contributed by atoms with Crippen LogP contribution >= 0.6 is 0 Å². The van der Waals surface area contributed by atoms with Crippen LogP contribution in [0.3, 0.4) is 0 Å². The van der Waals surface area contributed by atoms with Crippen LogP contribution in [0.25, 0.3) is 0 Å². The van der Waals surface area contributed by atoms with E-state index in [0.717, 1.165) is 0 Å². The third-order valence-corrected chi connectivity index (χ3v) is 10.4. The largest absolute Gasteiger partial charge is 0.391 e. The van der Waals surface area contributed by atoms with Crippen molar-refractivity contribution in [1.82, 2.24) is 0 Å². The molecule has 3 rings (SSSR count). The van der Waals surface area contributed by atoms with Crippen molar-refractivity contribution in [2.45, 2.75) is 76.5 Å². The van der Waals surface area contributed by atoms with Gasteiger partial charge < -0.3 is 18.3 Å². The number of rotatable bonds is 3. The molecule has 0 amide bonds. The molecule has 1 aromatic carbocycles. The molecule has 2 aliphatic rings. The predicted molar refractivity (Wildman–Crippen MR) is 101 cm³/mol. The van der Waals surface area contributed by atoms with Gasteiger partial charge in [-0.25, -0.2) is 0 Å². The molecular formula is C20H32O4Si. The summed E-state index contributed by atoms with van der Waals surface area (Å²) in [5.74, 6) is 0. The SMILES string of the molecule is CC(C)(C)[Si]1(C(C)(C)C)OC[C@H]2OC[C@H](OCc3ccccc3)[C@@H]2O1. The summed E-state index contributed by atoms with van der Waals surface area (Å²) in [5.41, 5.74) is 1.17. The molecule has 4 nitrogen and oxygen atoms in total. The molecule has 0 spiro atoms. The zero-order chi connectivity index (χ0) is 18.3. The third-order valence-electron chi connectivity index (χ3n) is 5.24. The number of hydrogen-bond acceptors (Lipinski definition) is 4. The average Bonchev–Trinajstić information content (AvgIpc) is 2.94.